The first-order chi connectivity index (χ1) is 22.1. The second-order valence-corrected chi connectivity index (χ2v) is 12.4. The van der Waals surface area contributed by atoms with Crippen molar-refractivity contribution in [3.05, 3.63) is 89.8 Å². The predicted molar refractivity (Wildman–Crippen MR) is 177 cm³/mol. The van der Waals surface area contributed by atoms with Crippen LogP contribution >= 0.6 is 0 Å². The summed E-state index contributed by atoms with van der Waals surface area (Å²) in [6.45, 7) is 5.23. The number of hydrogen-bond acceptors (Lipinski definition) is 7. The number of carbonyl (C=O) groups is 1. The van der Waals surface area contributed by atoms with Crippen LogP contribution in [0.2, 0.25) is 0 Å². The Balaban J connectivity index is 1.11. The Labute approximate surface area is 262 Å². The Hall–Kier alpha value is -4.67. The number of aliphatic hydroxyl groups is 1. The third-order valence-electron chi connectivity index (χ3n) is 9.70. The number of hydrogen-bond donors (Lipinski definition) is 2. The van der Waals surface area contributed by atoms with Crippen LogP contribution < -0.4 is 15.1 Å². The number of aliphatic hydroxyl groups excluding tert-OH is 1. The van der Waals surface area contributed by atoms with Crippen LogP contribution in [-0.2, 0) is 26.0 Å². The van der Waals surface area contributed by atoms with Gasteiger partial charge in [0.1, 0.15) is 11.5 Å². The number of pyridine rings is 2. The Morgan fingerprint density at radius 1 is 0.956 bits per heavy atom. The fraction of sp³-hybridized carbons (Fsp3) is 0.343. The Morgan fingerprint density at radius 3 is 2.64 bits per heavy atom. The summed E-state index contributed by atoms with van der Waals surface area (Å²) < 4.78 is 4.21. The van der Waals surface area contributed by atoms with Crippen molar-refractivity contribution in [2.45, 2.75) is 38.8 Å². The zero-order valence-corrected chi connectivity index (χ0v) is 25.6. The number of benzene rings is 1. The molecule has 0 radical (unpaired) electrons. The number of nitrogens with one attached hydrogen (secondary N) is 1. The van der Waals surface area contributed by atoms with Crippen LogP contribution in [0.1, 0.15) is 40.2 Å². The van der Waals surface area contributed by atoms with E-state index in [2.05, 4.69) is 43.8 Å². The summed E-state index contributed by atoms with van der Waals surface area (Å²) in [6.07, 6.45) is 12.1. The van der Waals surface area contributed by atoms with Crippen molar-refractivity contribution in [1.29, 1.82) is 0 Å². The Bertz CT molecular complexity index is 1880. The van der Waals surface area contributed by atoms with E-state index in [0.717, 1.165) is 96.5 Å². The van der Waals surface area contributed by atoms with Gasteiger partial charge in [0.25, 0.3) is 5.91 Å². The number of aromatic nitrogens is 4. The van der Waals surface area contributed by atoms with Crippen molar-refractivity contribution in [3.63, 3.8) is 0 Å². The lowest BCUT2D eigenvalue weighted by Crippen LogP contribution is -2.44. The highest BCUT2D eigenvalue weighted by Gasteiger charge is 2.31. The maximum absolute atomic E-state index is 13.9. The largest absolute Gasteiger partial charge is 0.392 e. The number of piperazine rings is 1. The average Bonchev–Trinajstić information content (AvgIpc) is 3.71. The highest BCUT2D eigenvalue weighted by atomic mass is 16.3. The van der Waals surface area contributed by atoms with Crippen LogP contribution in [0.5, 0.6) is 0 Å². The maximum Gasteiger partial charge on any atom is 0.274 e. The van der Waals surface area contributed by atoms with Crippen LogP contribution in [0.4, 0.5) is 22.9 Å². The predicted octanol–water partition coefficient (Wildman–Crippen LogP) is 4.72. The molecule has 10 heteroatoms. The van der Waals surface area contributed by atoms with Gasteiger partial charge in [-0.05, 0) is 74.2 Å². The van der Waals surface area contributed by atoms with Gasteiger partial charge in [-0.3, -0.25) is 4.79 Å². The van der Waals surface area contributed by atoms with E-state index in [1.807, 2.05) is 58.2 Å². The Kier molecular flexibility index (Phi) is 7.03. The minimum absolute atomic E-state index is 0.000937. The van der Waals surface area contributed by atoms with E-state index in [9.17, 15) is 9.90 Å². The molecule has 4 aromatic heterocycles. The number of carbonyl (C=O) groups excluding carboxylic acids is 1. The topological polar surface area (TPSA) is 94.2 Å². The second kappa shape index (κ2) is 11.4. The van der Waals surface area contributed by atoms with Gasteiger partial charge in [0.15, 0.2) is 5.65 Å². The maximum atomic E-state index is 13.9. The number of rotatable bonds is 6. The Morgan fingerprint density at radius 2 is 1.82 bits per heavy atom. The molecule has 1 saturated heterocycles. The quantitative estimate of drug-likeness (QED) is 0.290. The third-order valence-corrected chi connectivity index (χ3v) is 9.70. The molecule has 6 heterocycles. The minimum Gasteiger partial charge on any atom is -0.392 e. The van der Waals surface area contributed by atoms with E-state index in [-0.39, 0.29) is 12.5 Å². The van der Waals surface area contributed by atoms with Crippen LogP contribution in [0.15, 0.2) is 67.3 Å². The van der Waals surface area contributed by atoms with Gasteiger partial charge in [-0.25, -0.2) is 9.97 Å². The number of fused-ring (bicyclic) bond motifs is 4. The van der Waals surface area contributed by atoms with Gasteiger partial charge >= 0.3 is 0 Å². The van der Waals surface area contributed by atoms with Crippen molar-refractivity contribution in [3.8, 4) is 11.1 Å². The number of likely N-dealkylation sites (N-methyl/N-ethyl adjacent to an activating group) is 1. The molecule has 0 atom stereocenters. The van der Waals surface area contributed by atoms with Gasteiger partial charge < -0.3 is 34.1 Å². The van der Waals surface area contributed by atoms with Gasteiger partial charge in [-0.1, -0.05) is 12.1 Å². The smallest absolute Gasteiger partial charge is 0.274 e. The molecule has 45 heavy (non-hydrogen) atoms. The molecule has 1 aliphatic carbocycles. The van der Waals surface area contributed by atoms with Crippen LogP contribution in [0.3, 0.4) is 0 Å². The normalized spacial score (nSPS) is 17.1. The molecule has 1 amide bonds. The van der Waals surface area contributed by atoms with Crippen molar-refractivity contribution in [2.24, 2.45) is 0 Å². The SMILES string of the molecule is CN1CCN(c2ccc(Nc3cc(-c4cccc(N5CCn6c(cc7c6CCCC7)C5=O)c4CO)cn4ccnc34)nc2)CC1. The molecule has 2 aliphatic heterocycles. The summed E-state index contributed by atoms with van der Waals surface area (Å²) in [7, 11) is 2.16. The first kappa shape index (κ1) is 27.8. The van der Waals surface area contributed by atoms with Crippen molar-refractivity contribution in [1.82, 2.24) is 23.8 Å². The number of anilines is 4. The lowest BCUT2D eigenvalue weighted by molar-refractivity contribution is 0.0964. The fourth-order valence-electron chi connectivity index (χ4n) is 7.25. The van der Waals surface area contributed by atoms with Crippen LogP contribution in [0.25, 0.3) is 16.8 Å². The van der Waals surface area contributed by atoms with Gasteiger partial charge in [0, 0.05) is 74.7 Å². The molecular weight excluding hydrogens is 564 g/mol. The average molecular weight is 603 g/mol. The molecule has 8 rings (SSSR count). The molecule has 3 aliphatic rings. The number of imidazole rings is 1. The molecule has 5 aromatic rings. The first-order valence-corrected chi connectivity index (χ1v) is 16.0. The molecule has 0 unspecified atom stereocenters. The summed E-state index contributed by atoms with van der Waals surface area (Å²) in [5.74, 6) is 0.733. The summed E-state index contributed by atoms with van der Waals surface area (Å²) >= 11 is 0. The van der Waals surface area contributed by atoms with E-state index in [1.165, 1.54) is 24.1 Å². The number of amides is 1. The third kappa shape index (κ3) is 4.94. The van der Waals surface area contributed by atoms with E-state index in [0.29, 0.717) is 6.54 Å². The molecule has 1 fully saturated rings. The highest BCUT2D eigenvalue weighted by Crippen LogP contribution is 2.37. The first-order valence-electron chi connectivity index (χ1n) is 16.0. The van der Waals surface area contributed by atoms with E-state index >= 15 is 0 Å². The van der Waals surface area contributed by atoms with Crippen molar-refractivity contribution < 1.29 is 9.90 Å². The monoisotopic (exact) mass is 602 g/mol. The summed E-state index contributed by atoms with van der Waals surface area (Å²) in [5, 5.41) is 14.2. The van der Waals surface area contributed by atoms with Gasteiger partial charge in [0.2, 0.25) is 0 Å². The molecule has 0 spiro atoms. The molecule has 1 aromatic carbocycles. The minimum atomic E-state index is -0.188. The molecule has 230 valence electrons. The molecule has 2 N–H and O–H groups in total. The second-order valence-electron chi connectivity index (χ2n) is 12.4. The zero-order valence-electron chi connectivity index (χ0n) is 25.6. The van der Waals surface area contributed by atoms with Gasteiger partial charge in [0.05, 0.1) is 29.9 Å². The van der Waals surface area contributed by atoms with E-state index in [4.69, 9.17) is 4.98 Å². The summed E-state index contributed by atoms with van der Waals surface area (Å²) in [6, 6.07) is 14.2. The number of aryl methyl sites for hydroxylation is 1. The summed E-state index contributed by atoms with van der Waals surface area (Å²) in [4.78, 5) is 29.8. The standard InChI is InChI=1S/C35H38N8O2/c1-39-13-15-40(16-14-39)26-9-10-33(37-21-26)38-29-19-25(22-41-12-11-36-34(29)41)27-6-4-8-31(28(27)23-44)43-18-17-42-30-7-3-2-5-24(30)20-32(42)35(43)45/h4,6,8-12,19-22,44H,2-3,5,7,13-18,23H2,1H3,(H,37,38). The fourth-order valence-corrected chi connectivity index (χ4v) is 7.25. The van der Waals surface area contributed by atoms with E-state index < -0.39 is 0 Å². The molecular formula is C35H38N8O2. The van der Waals surface area contributed by atoms with Gasteiger partial charge in [-0.15, -0.1) is 0 Å². The lowest BCUT2D eigenvalue weighted by Gasteiger charge is -2.33. The van der Waals surface area contributed by atoms with Gasteiger partial charge in [-0.2, -0.15) is 0 Å². The van der Waals surface area contributed by atoms with Crippen LogP contribution in [0, 0.1) is 0 Å². The molecule has 10 nitrogen and oxygen atoms in total. The zero-order chi connectivity index (χ0) is 30.5. The van der Waals surface area contributed by atoms with Crippen LogP contribution in [-0.4, -0.2) is 74.6 Å². The lowest BCUT2D eigenvalue weighted by atomic mass is 9.98. The van der Waals surface area contributed by atoms with Crippen molar-refractivity contribution >= 4 is 34.4 Å². The van der Waals surface area contributed by atoms with E-state index in [1.54, 1.807) is 6.20 Å². The number of nitrogens with zero attached hydrogens (tertiary/aromatic N) is 7. The molecule has 0 bridgehead atoms. The van der Waals surface area contributed by atoms with Crippen molar-refractivity contribution in [2.75, 3.05) is 54.9 Å². The molecule has 0 saturated carbocycles. The highest BCUT2D eigenvalue weighted by molar-refractivity contribution is 6.07. The summed E-state index contributed by atoms with van der Waals surface area (Å²) in [5.41, 5.74) is 9.40.